The second-order valence-corrected chi connectivity index (χ2v) is 9.59. The molecule has 0 amide bonds. The molecule has 0 aliphatic rings. The van der Waals surface area contributed by atoms with Crippen LogP contribution in [-0.2, 0) is 19.5 Å². The van der Waals surface area contributed by atoms with Gasteiger partial charge in [0.2, 0.25) is 0 Å². The zero-order valence-electron chi connectivity index (χ0n) is 23.2. The van der Waals surface area contributed by atoms with Crippen molar-refractivity contribution >= 4 is 22.1 Å². The largest absolute Gasteiger partial charge is 2.00 e. The second-order valence-electron chi connectivity index (χ2n) is 9.59. The molecule has 8 rings (SSSR count). The third-order valence-corrected chi connectivity index (χ3v) is 6.89. The molecule has 0 N–H and O–H groups in total. The Balaban J connectivity index is 0.000000150. The van der Waals surface area contributed by atoms with E-state index < -0.39 is 0 Å². The molecule has 4 heterocycles. The second kappa shape index (κ2) is 12.7. The number of para-hydroxylation sites is 4. The molecule has 4 aromatic heterocycles. The van der Waals surface area contributed by atoms with Crippen molar-refractivity contribution in [3.8, 4) is 45.3 Å². The van der Waals surface area contributed by atoms with Crippen molar-refractivity contribution in [2.75, 3.05) is 0 Å². The van der Waals surface area contributed by atoms with E-state index in [2.05, 4.69) is 42.0 Å². The van der Waals surface area contributed by atoms with E-state index in [0.717, 1.165) is 67.4 Å². The number of nitrogens with zero attached hydrogens (tertiary/aromatic N) is 6. The molecular weight excluding hydrogens is 582 g/mol. The standard InChI is InChI=1S/2C18H12N3.Zn/c2*1-2-8-14(13(7-1)15-9-5-6-12-19-15)18-20-16-10-3-4-11-17(16)21-18;/h2*1-12H;/q2*-1;+2. The SMILES string of the molecule is [Zn+2].c1ccc(-c2ccccc2-c2nc3ccccc3[n-]2)nc1.c1ccc(-c2ccccc2-c2nc3ccccc3[n-]2)nc1. The van der Waals surface area contributed by atoms with E-state index in [1.807, 2.05) is 121 Å². The van der Waals surface area contributed by atoms with Gasteiger partial charge in [0, 0.05) is 23.5 Å². The number of fused-ring (bicyclic) bond motifs is 2. The molecule has 0 saturated heterocycles. The third-order valence-electron chi connectivity index (χ3n) is 6.89. The van der Waals surface area contributed by atoms with Crippen LogP contribution in [0.3, 0.4) is 0 Å². The Morgan fingerprint density at radius 2 is 0.744 bits per heavy atom. The van der Waals surface area contributed by atoms with Crippen LogP contribution in [0.25, 0.3) is 67.4 Å². The quantitative estimate of drug-likeness (QED) is 0.190. The van der Waals surface area contributed by atoms with Crippen LogP contribution in [0, 0.1) is 0 Å². The summed E-state index contributed by atoms with van der Waals surface area (Å²) in [5, 5.41) is 0. The van der Waals surface area contributed by atoms with Crippen molar-refractivity contribution in [3.05, 3.63) is 146 Å². The average molecular weight is 606 g/mol. The molecular formula is C36H24N6Zn. The van der Waals surface area contributed by atoms with Crippen LogP contribution in [-0.4, -0.2) is 19.9 Å². The molecule has 0 fully saturated rings. The van der Waals surface area contributed by atoms with Crippen LogP contribution in [0.2, 0.25) is 0 Å². The maximum Gasteiger partial charge on any atom is 2.00 e. The predicted molar refractivity (Wildman–Crippen MR) is 167 cm³/mol. The van der Waals surface area contributed by atoms with Gasteiger partial charge in [-0.25, -0.2) is 0 Å². The summed E-state index contributed by atoms with van der Waals surface area (Å²) in [7, 11) is 0. The monoisotopic (exact) mass is 604 g/mol. The van der Waals surface area contributed by atoms with E-state index in [9.17, 15) is 0 Å². The number of hydrogen-bond acceptors (Lipinski definition) is 4. The first-order valence-corrected chi connectivity index (χ1v) is 13.6. The molecule has 0 bridgehead atoms. The average Bonchev–Trinajstić information content (AvgIpc) is 3.71. The number of hydrogen-bond donors (Lipinski definition) is 0. The van der Waals surface area contributed by atoms with Crippen LogP contribution in [0.15, 0.2) is 146 Å². The summed E-state index contributed by atoms with van der Waals surface area (Å²) >= 11 is 0. The van der Waals surface area contributed by atoms with Gasteiger partial charge in [-0.05, 0) is 57.5 Å². The summed E-state index contributed by atoms with van der Waals surface area (Å²) in [6.07, 6.45) is 3.60. The molecule has 8 aromatic rings. The summed E-state index contributed by atoms with van der Waals surface area (Å²) in [5.74, 6) is 1.50. The van der Waals surface area contributed by atoms with Crippen LogP contribution >= 0.6 is 0 Å². The van der Waals surface area contributed by atoms with Crippen LogP contribution in [0.1, 0.15) is 0 Å². The van der Waals surface area contributed by atoms with Gasteiger partial charge in [0.15, 0.2) is 0 Å². The van der Waals surface area contributed by atoms with E-state index in [1.165, 1.54) is 0 Å². The first kappa shape index (κ1) is 27.9. The zero-order valence-corrected chi connectivity index (χ0v) is 26.2. The normalized spacial score (nSPS) is 10.6. The van der Waals surface area contributed by atoms with Crippen molar-refractivity contribution in [1.82, 2.24) is 29.9 Å². The van der Waals surface area contributed by atoms with E-state index in [4.69, 9.17) is 0 Å². The van der Waals surface area contributed by atoms with Crippen LogP contribution < -0.4 is 9.97 Å². The van der Waals surface area contributed by atoms with Gasteiger partial charge in [-0.15, -0.1) is 0 Å². The number of pyridine rings is 2. The molecule has 0 atom stereocenters. The Labute approximate surface area is 261 Å². The van der Waals surface area contributed by atoms with Crippen molar-refractivity contribution in [2.24, 2.45) is 0 Å². The van der Waals surface area contributed by atoms with Gasteiger partial charge in [-0.2, -0.15) is 0 Å². The molecule has 4 aromatic carbocycles. The van der Waals surface area contributed by atoms with Gasteiger partial charge in [-0.1, -0.05) is 121 Å². The van der Waals surface area contributed by atoms with Crippen molar-refractivity contribution in [3.63, 3.8) is 0 Å². The van der Waals surface area contributed by atoms with Gasteiger partial charge in [0.1, 0.15) is 0 Å². The minimum atomic E-state index is 0. The fourth-order valence-corrected chi connectivity index (χ4v) is 4.90. The Morgan fingerprint density at radius 3 is 1.14 bits per heavy atom. The van der Waals surface area contributed by atoms with Gasteiger partial charge in [0.25, 0.3) is 0 Å². The number of rotatable bonds is 4. The minimum absolute atomic E-state index is 0. The van der Waals surface area contributed by atoms with Crippen molar-refractivity contribution < 1.29 is 19.5 Å². The topological polar surface area (TPSA) is 79.8 Å². The van der Waals surface area contributed by atoms with Gasteiger partial charge in [-0.3, -0.25) is 9.97 Å². The minimum Gasteiger partial charge on any atom is -0.435 e. The molecule has 200 valence electrons. The smallest absolute Gasteiger partial charge is 0.435 e. The van der Waals surface area contributed by atoms with E-state index in [-0.39, 0.29) is 19.5 Å². The molecule has 0 saturated carbocycles. The molecule has 0 unspecified atom stereocenters. The molecule has 0 aliphatic carbocycles. The summed E-state index contributed by atoms with van der Waals surface area (Å²) in [5.41, 5.74) is 9.66. The summed E-state index contributed by atoms with van der Waals surface area (Å²) in [6.45, 7) is 0. The summed E-state index contributed by atoms with van der Waals surface area (Å²) in [4.78, 5) is 27.4. The summed E-state index contributed by atoms with van der Waals surface area (Å²) < 4.78 is 0. The fourth-order valence-electron chi connectivity index (χ4n) is 4.90. The molecule has 43 heavy (non-hydrogen) atoms. The Hall–Kier alpha value is -5.26. The molecule has 0 aliphatic heterocycles. The molecule has 6 nitrogen and oxygen atoms in total. The first-order chi connectivity index (χ1) is 20.8. The maximum atomic E-state index is 4.63. The molecule has 7 heteroatoms. The third kappa shape index (κ3) is 5.89. The Bertz CT molecular complexity index is 1880. The van der Waals surface area contributed by atoms with Crippen molar-refractivity contribution in [2.45, 2.75) is 0 Å². The number of benzene rings is 4. The molecule has 0 spiro atoms. The predicted octanol–water partition coefficient (Wildman–Crippen LogP) is 7.84. The zero-order chi connectivity index (χ0) is 28.1. The van der Waals surface area contributed by atoms with Crippen LogP contribution in [0.4, 0.5) is 0 Å². The fraction of sp³-hybridized carbons (Fsp3) is 0. The van der Waals surface area contributed by atoms with Gasteiger partial charge >= 0.3 is 19.5 Å². The maximum absolute atomic E-state index is 4.63. The first-order valence-electron chi connectivity index (χ1n) is 13.6. The molecule has 0 radical (unpaired) electrons. The van der Waals surface area contributed by atoms with E-state index in [1.54, 1.807) is 12.4 Å². The summed E-state index contributed by atoms with van der Waals surface area (Å²) in [6, 6.07) is 43.9. The van der Waals surface area contributed by atoms with E-state index in [0.29, 0.717) is 0 Å². The Morgan fingerprint density at radius 1 is 0.372 bits per heavy atom. The van der Waals surface area contributed by atoms with E-state index >= 15 is 0 Å². The van der Waals surface area contributed by atoms with Gasteiger partial charge < -0.3 is 19.9 Å². The Kier molecular flexibility index (Phi) is 8.25. The van der Waals surface area contributed by atoms with Crippen molar-refractivity contribution in [1.29, 1.82) is 0 Å². The number of imidazole rings is 2. The van der Waals surface area contributed by atoms with Crippen LogP contribution in [0.5, 0.6) is 0 Å². The van der Waals surface area contributed by atoms with Gasteiger partial charge in [0.05, 0.1) is 11.4 Å². The number of aromatic nitrogens is 6.